The van der Waals surface area contributed by atoms with Gasteiger partial charge in [-0.2, -0.15) is 5.10 Å². The number of aromatic nitrogens is 2. The number of rotatable bonds is 4. The van der Waals surface area contributed by atoms with Crippen molar-refractivity contribution in [3.8, 4) is 11.3 Å². The molecule has 0 aliphatic carbocycles. The van der Waals surface area contributed by atoms with Crippen molar-refractivity contribution in [2.45, 2.75) is 20.4 Å². The van der Waals surface area contributed by atoms with Gasteiger partial charge in [0.2, 0.25) is 5.91 Å². The van der Waals surface area contributed by atoms with Crippen LogP contribution in [0.25, 0.3) is 11.3 Å². The van der Waals surface area contributed by atoms with Crippen LogP contribution in [0.5, 0.6) is 0 Å². The molecule has 1 saturated heterocycles. The number of aryl methyl sites for hydroxylation is 2. The minimum absolute atomic E-state index is 0.0388. The van der Waals surface area contributed by atoms with Crippen molar-refractivity contribution in [3.63, 3.8) is 0 Å². The number of nitrogens with zero attached hydrogens (tertiary/aromatic N) is 4. The first kappa shape index (κ1) is 19.9. The lowest BCUT2D eigenvalue weighted by atomic mass is 10.0. The highest BCUT2D eigenvalue weighted by Gasteiger charge is 2.22. The first-order valence-corrected chi connectivity index (χ1v) is 10.2. The highest BCUT2D eigenvalue weighted by molar-refractivity contribution is 5.76. The van der Waals surface area contributed by atoms with Gasteiger partial charge in [0.15, 0.2) is 0 Å². The van der Waals surface area contributed by atoms with E-state index in [1.54, 1.807) is 6.07 Å². The van der Waals surface area contributed by atoms with Gasteiger partial charge >= 0.3 is 0 Å². The summed E-state index contributed by atoms with van der Waals surface area (Å²) in [5.74, 6) is -0.0745. The summed E-state index contributed by atoms with van der Waals surface area (Å²) in [4.78, 5) is 29.2. The van der Waals surface area contributed by atoms with E-state index in [0.717, 1.165) is 18.7 Å². The van der Waals surface area contributed by atoms with Crippen LogP contribution in [-0.2, 0) is 11.3 Å². The molecule has 6 heteroatoms. The summed E-state index contributed by atoms with van der Waals surface area (Å²) in [7, 11) is 0. The monoisotopic (exact) mass is 402 g/mol. The molecule has 0 radical (unpaired) electrons. The van der Waals surface area contributed by atoms with Crippen LogP contribution in [0.2, 0.25) is 0 Å². The standard InChI is InChI=1S/C24H26N4O2/c1-18-8-9-20(16-19(18)2)22-10-11-23(29)28(25-22)17-24(30)27-14-12-26(13-15-27)21-6-4-3-5-7-21/h3-11,16H,12-15,17H2,1-2H3. The van der Waals surface area contributed by atoms with Crippen molar-refractivity contribution >= 4 is 11.6 Å². The molecule has 2 aromatic carbocycles. The maximum absolute atomic E-state index is 12.8. The predicted octanol–water partition coefficient (Wildman–Crippen LogP) is 2.88. The first-order valence-electron chi connectivity index (χ1n) is 10.2. The van der Waals surface area contributed by atoms with Crippen LogP contribution >= 0.6 is 0 Å². The van der Waals surface area contributed by atoms with E-state index < -0.39 is 0 Å². The van der Waals surface area contributed by atoms with E-state index >= 15 is 0 Å². The van der Waals surface area contributed by atoms with Gasteiger partial charge in [-0.3, -0.25) is 9.59 Å². The Morgan fingerprint density at radius 2 is 1.63 bits per heavy atom. The van der Waals surface area contributed by atoms with Crippen LogP contribution in [-0.4, -0.2) is 46.8 Å². The summed E-state index contributed by atoms with van der Waals surface area (Å²) >= 11 is 0. The Labute approximate surface area is 176 Å². The largest absolute Gasteiger partial charge is 0.368 e. The maximum atomic E-state index is 12.8. The first-order chi connectivity index (χ1) is 14.5. The third-order valence-corrected chi connectivity index (χ3v) is 5.71. The number of piperazine rings is 1. The summed E-state index contributed by atoms with van der Waals surface area (Å²) in [5, 5.41) is 4.46. The fourth-order valence-corrected chi connectivity index (χ4v) is 3.70. The minimum atomic E-state index is -0.265. The quantitative estimate of drug-likeness (QED) is 0.673. The zero-order valence-electron chi connectivity index (χ0n) is 17.4. The number of carbonyl (C=O) groups excluding carboxylic acids is 1. The van der Waals surface area contributed by atoms with Gasteiger partial charge in [-0.05, 0) is 49.2 Å². The average Bonchev–Trinajstić information content (AvgIpc) is 2.78. The molecule has 4 rings (SSSR count). The second-order valence-corrected chi connectivity index (χ2v) is 7.72. The molecule has 3 aromatic rings. The lowest BCUT2D eigenvalue weighted by Crippen LogP contribution is -2.50. The molecule has 1 amide bonds. The molecule has 30 heavy (non-hydrogen) atoms. The molecule has 0 unspecified atom stereocenters. The number of carbonyl (C=O) groups is 1. The Balaban J connectivity index is 1.44. The summed E-state index contributed by atoms with van der Waals surface area (Å²) < 4.78 is 1.27. The Morgan fingerprint density at radius 3 is 2.33 bits per heavy atom. The Hall–Kier alpha value is -3.41. The second-order valence-electron chi connectivity index (χ2n) is 7.72. The van der Waals surface area contributed by atoms with Crippen molar-refractivity contribution in [2.75, 3.05) is 31.1 Å². The van der Waals surface area contributed by atoms with Crippen LogP contribution < -0.4 is 10.5 Å². The smallest absolute Gasteiger partial charge is 0.267 e. The highest BCUT2D eigenvalue weighted by Crippen LogP contribution is 2.19. The van der Waals surface area contributed by atoms with Gasteiger partial charge in [0.05, 0.1) is 5.69 Å². The molecular formula is C24H26N4O2. The molecule has 1 aliphatic heterocycles. The molecule has 154 valence electrons. The number of amides is 1. The SMILES string of the molecule is Cc1ccc(-c2ccc(=O)n(CC(=O)N3CCN(c4ccccc4)CC3)n2)cc1C. The van der Waals surface area contributed by atoms with E-state index in [2.05, 4.69) is 35.1 Å². The summed E-state index contributed by atoms with van der Waals surface area (Å²) in [6, 6.07) is 19.5. The van der Waals surface area contributed by atoms with Crippen LogP contribution in [0, 0.1) is 13.8 Å². The Morgan fingerprint density at radius 1 is 0.900 bits per heavy atom. The molecule has 0 bridgehead atoms. The van der Waals surface area contributed by atoms with E-state index in [0.29, 0.717) is 18.8 Å². The fourth-order valence-electron chi connectivity index (χ4n) is 3.70. The molecule has 6 nitrogen and oxygen atoms in total. The van der Waals surface area contributed by atoms with E-state index in [4.69, 9.17) is 0 Å². The molecule has 0 atom stereocenters. The van der Waals surface area contributed by atoms with Crippen LogP contribution in [0.4, 0.5) is 5.69 Å². The Bertz CT molecular complexity index is 1100. The summed E-state index contributed by atoms with van der Waals surface area (Å²) in [6.07, 6.45) is 0. The third-order valence-electron chi connectivity index (χ3n) is 5.71. The number of benzene rings is 2. The van der Waals surface area contributed by atoms with Gasteiger partial charge < -0.3 is 9.80 Å². The Kier molecular flexibility index (Phi) is 5.65. The zero-order chi connectivity index (χ0) is 21.1. The molecule has 1 fully saturated rings. The van der Waals surface area contributed by atoms with Crippen LogP contribution in [0.1, 0.15) is 11.1 Å². The van der Waals surface area contributed by atoms with Gasteiger partial charge in [-0.1, -0.05) is 30.3 Å². The van der Waals surface area contributed by atoms with E-state index in [1.807, 2.05) is 42.2 Å². The van der Waals surface area contributed by atoms with Crippen molar-refractivity contribution in [1.29, 1.82) is 0 Å². The maximum Gasteiger partial charge on any atom is 0.267 e. The molecule has 0 N–H and O–H groups in total. The third kappa shape index (κ3) is 4.27. The molecule has 1 aromatic heterocycles. The summed E-state index contributed by atoms with van der Waals surface area (Å²) in [6.45, 7) is 6.90. The van der Waals surface area contributed by atoms with Crippen molar-refractivity contribution in [3.05, 3.63) is 82.1 Å². The highest BCUT2D eigenvalue weighted by atomic mass is 16.2. The van der Waals surface area contributed by atoms with Gasteiger partial charge in [0, 0.05) is 43.5 Å². The van der Waals surface area contributed by atoms with Crippen molar-refractivity contribution in [2.24, 2.45) is 0 Å². The lowest BCUT2D eigenvalue weighted by Gasteiger charge is -2.36. The van der Waals surface area contributed by atoms with Gasteiger partial charge in [0.25, 0.3) is 5.56 Å². The second kappa shape index (κ2) is 8.53. The number of hydrogen-bond acceptors (Lipinski definition) is 4. The van der Waals surface area contributed by atoms with E-state index in [1.165, 1.54) is 27.6 Å². The van der Waals surface area contributed by atoms with Crippen LogP contribution in [0.3, 0.4) is 0 Å². The lowest BCUT2D eigenvalue weighted by molar-refractivity contribution is -0.132. The molecule has 2 heterocycles. The fraction of sp³-hybridized carbons (Fsp3) is 0.292. The molecule has 1 aliphatic rings. The van der Waals surface area contributed by atoms with Crippen molar-refractivity contribution < 1.29 is 4.79 Å². The minimum Gasteiger partial charge on any atom is -0.368 e. The zero-order valence-corrected chi connectivity index (χ0v) is 17.4. The molecule has 0 spiro atoms. The van der Waals surface area contributed by atoms with Crippen molar-refractivity contribution in [1.82, 2.24) is 14.7 Å². The normalized spacial score (nSPS) is 14.1. The predicted molar refractivity (Wildman–Crippen MR) is 119 cm³/mol. The van der Waals surface area contributed by atoms with Gasteiger partial charge in [-0.15, -0.1) is 0 Å². The topological polar surface area (TPSA) is 58.4 Å². The van der Waals surface area contributed by atoms with Crippen LogP contribution in [0.15, 0.2) is 65.5 Å². The molecular weight excluding hydrogens is 376 g/mol. The molecule has 0 saturated carbocycles. The van der Waals surface area contributed by atoms with E-state index in [9.17, 15) is 9.59 Å². The van der Waals surface area contributed by atoms with Gasteiger partial charge in [0.1, 0.15) is 6.54 Å². The summed E-state index contributed by atoms with van der Waals surface area (Å²) in [5.41, 5.74) is 4.91. The number of para-hydroxylation sites is 1. The average molecular weight is 402 g/mol. The van der Waals surface area contributed by atoms with E-state index in [-0.39, 0.29) is 18.0 Å². The number of hydrogen-bond donors (Lipinski definition) is 0. The van der Waals surface area contributed by atoms with Gasteiger partial charge in [-0.25, -0.2) is 4.68 Å². The number of anilines is 1.